The number of nitrogens with zero attached hydrogens (tertiary/aromatic N) is 1. The van der Waals surface area contributed by atoms with Gasteiger partial charge < -0.3 is 10.0 Å². The van der Waals surface area contributed by atoms with E-state index in [0.717, 1.165) is 18.9 Å². The van der Waals surface area contributed by atoms with Gasteiger partial charge in [0.2, 0.25) is 0 Å². The molecule has 1 aromatic rings. The molecule has 2 rings (SSSR count). The van der Waals surface area contributed by atoms with E-state index in [1.54, 1.807) is 4.90 Å². The highest BCUT2D eigenvalue weighted by Gasteiger charge is 2.24. The molecule has 1 aliphatic rings. The van der Waals surface area contributed by atoms with Crippen LogP contribution in [-0.4, -0.2) is 35.0 Å². The SMILES string of the molecule is CC1CCCN(C(=O)c2cc(C=CC(=O)O)ccc2F)C1. The molecule has 21 heavy (non-hydrogen) atoms. The Morgan fingerprint density at radius 1 is 1.43 bits per heavy atom. The number of rotatable bonds is 3. The number of carboxylic acid groups (broad SMARTS) is 1. The molecule has 1 aliphatic heterocycles. The number of halogens is 1. The van der Waals surface area contributed by atoms with Crippen molar-refractivity contribution in [2.75, 3.05) is 13.1 Å². The normalized spacial score (nSPS) is 19.0. The zero-order valence-corrected chi connectivity index (χ0v) is 11.9. The van der Waals surface area contributed by atoms with Crippen molar-refractivity contribution in [3.05, 3.63) is 41.2 Å². The van der Waals surface area contributed by atoms with Crippen molar-refractivity contribution in [2.24, 2.45) is 5.92 Å². The second kappa shape index (κ2) is 6.52. The molecule has 0 saturated carbocycles. The Labute approximate surface area is 122 Å². The van der Waals surface area contributed by atoms with E-state index in [4.69, 9.17) is 5.11 Å². The maximum atomic E-state index is 13.9. The quantitative estimate of drug-likeness (QED) is 0.871. The lowest BCUT2D eigenvalue weighted by atomic mass is 9.99. The third kappa shape index (κ3) is 3.90. The molecule has 0 aliphatic carbocycles. The lowest BCUT2D eigenvalue weighted by Crippen LogP contribution is -2.39. The molecule has 1 N–H and O–H groups in total. The van der Waals surface area contributed by atoms with Gasteiger partial charge in [0.25, 0.3) is 5.91 Å². The van der Waals surface area contributed by atoms with Gasteiger partial charge >= 0.3 is 5.97 Å². The molecule has 1 heterocycles. The van der Waals surface area contributed by atoms with Crippen molar-refractivity contribution in [1.82, 2.24) is 4.90 Å². The number of hydrogen-bond donors (Lipinski definition) is 1. The standard InChI is InChI=1S/C16H18FNO3/c1-11-3-2-8-18(10-11)16(21)13-9-12(4-6-14(13)17)5-7-15(19)20/h4-7,9,11H,2-3,8,10H2,1H3,(H,19,20). The van der Waals surface area contributed by atoms with E-state index in [2.05, 4.69) is 6.92 Å². The molecular weight excluding hydrogens is 273 g/mol. The monoisotopic (exact) mass is 291 g/mol. The molecule has 0 bridgehead atoms. The van der Waals surface area contributed by atoms with Crippen molar-refractivity contribution in [3.63, 3.8) is 0 Å². The van der Waals surface area contributed by atoms with Crippen molar-refractivity contribution >= 4 is 18.0 Å². The van der Waals surface area contributed by atoms with Crippen molar-refractivity contribution in [2.45, 2.75) is 19.8 Å². The molecule has 0 aromatic heterocycles. The predicted molar refractivity (Wildman–Crippen MR) is 77.4 cm³/mol. The van der Waals surface area contributed by atoms with E-state index in [-0.39, 0.29) is 11.5 Å². The average molecular weight is 291 g/mol. The molecule has 1 amide bonds. The van der Waals surface area contributed by atoms with Crippen LogP contribution in [-0.2, 0) is 4.79 Å². The topological polar surface area (TPSA) is 57.6 Å². The van der Waals surface area contributed by atoms with E-state index < -0.39 is 11.8 Å². The fraction of sp³-hybridized carbons (Fsp3) is 0.375. The first-order chi connectivity index (χ1) is 9.97. The Bertz CT molecular complexity index is 583. The molecule has 4 nitrogen and oxygen atoms in total. The molecule has 1 fully saturated rings. The first kappa shape index (κ1) is 15.2. The first-order valence-electron chi connectivity index (χ1n) is 6.97. The van der Waals surface area contributed by atoms with Gasteiger partial charge in [-0.2, -0.15) is 0 Å². The van der Waals surface area contributed by atoms with Crippen LogP contribution in [0.5, 0.6) is 0 Å². The van der Waals surface area contributed by atoms with Crippen LogP contribution in [0.25, 0.3) is 6.08 Å². The van der Waals surface area contributed by atoms with Crippen molar-refractivity contribution < 1.29 is 19.1 Å². The third-order valence-corrected chi connectivity index (χ3v) is 3.58. The smallest absolute Gasteiger partial charge is 0.328 e. The number of benzene rings is 1. The van der Waals surface area contributed by atoms with Crippen LogP contribution >= 0.6 is 0 Å². The summed E-state index contributed by atoms with van der Waals surface area (Å²) in [6.07, 6.45) is 4.31. The van der Waals surface area contributed by atoms with Gasteiger partial charge in [0.05, 0.1) is 5.56 Å². The summed E-state index contributed by atoms with van der Waals surface area (Å²) in [5, 5.41) is 8.60. The summed E-state index contributed by atoms with van der Waals surface area (Å²) in [4.78, 5) is 24.6. The van der Waals surface area contributed by atoms with Crippen LogP contribution in [0, 0.1) is 11.7 Å². The number of carboxylic acids is 1. The highest BCUT2D eigenvalue weighted by atomic mass is 19.1. The van der Waals surface area contributed by atoms with Gasteiger partial charge in [0, 0.05) is 19.2 Å². The van der Waals surface area contributed by atoms with Gasteiger partial charge in [-0.3, -0.25) is 4.79 Å². The fourth-order valence-corrected chi connectivity index (χ4v) is 2.52. The first-order valence-corrected chi connectivity index (χ1v) is 6.97. The lowest BCUT2D eigenvalue weighted by molar-refractivity contribution is -0.131. The number of likely N-dealkylation sites (tertiary alicyclic amines) is 1. The summed E-state index contributed by atoms with van der Waals surface area (Å²) in [5.41, 5.74) is 0.490. The number of piperidine rings is 1. The number of carbonyl (C=O) groups is 2. The highest BCUT2D eigenvalue weighted by molar-refractivity contribution is 5.95. The van der Waals surface area contributed by atoms with Crippen LogP contribution in [0.15, 0.2) is 24.3 Å². The zero-order valence-electron chi connectivity index (χ0n) is 11.9. The molecule has 1 aromatic carbocycles. The third-order valence-electron chi connectivity index (χ3n) is 3.58. The second-order valence-electron chi connectivity index (χ2n) is 5.41. The zero-order chi connectivity index (χ0) is 15.4. The molecule has 1 saturated heterocycles. The summed E-state index contributed by atoms with van der Waals surface area (Å²) < 4.78 is 13.9. The van der Waals surface area contributed by atoms with E-state index in [1.807, 2.05) is 0 Å². The summed E-state index contributed by atoms with van der Waals surface area (Å²) in [6, 6.07) is 4.04. The summed E-state index contributed by atoms with van der Waals surface area (Å²) in [7, 11) is 0. The van der Waals surface area contributed by atoms with E-state index in [0.29, 0.717) is 24.6 Å². The largest absolute Gasteiger partial charge is 0.478 e. The van der Waals surface area contributed by atoms with Crippen LogP contribution in [0.2, 0.25) is 0 Å². The van der Waals surface area contributed by atoms with Gasteiger partial charge in [-0.25, -0.2) is 9.18 Å². The van der Waals surface area contributed by atoms with Gasteiger partial charge in [-0.15, -0.1) is 0 Å². The minimum absolute atomic E-state index is 0.00311. The highest BCUT2D eigenvalue weighted by Crippen LogP contribution is 2.20. The van der Waals surface area contributed by atoms with Gasteiger partial charge in [-0.05, 0) is 42.5 Å². The predicted octanol–water partition coefficient (Wildman–Crippen LogP) is 2.80. The van der Waals surface area contributed by atoms with Crippen molar-refractivity contribution in [3.8, 4) is 0 Å². The Balaban J connectivity index is 2.23. The number of aliphatic carboxylic acids is 1. The molecule has 0 radical (unpaired) electrons. The minimum Gasteiger partial charge on any atom is -0.478 e. The summed E-state index contributed by atoms with van der Waals surface area (Å²) >= 11 is 0. The molecule has 1 unspecified atom stereocenters. The number of amides is 1. The van der Waals surface area contributed by atoms with Crippen LogP contribution < -0.4 is 0 Å². The Morgan fingerprint density at radius 3 is 2.86 bits per heavy atom. The van der Waals surface area contributed by atoms with Crippen molar-refractivity contribution in [1.29, 1.82) is 0 Å². The van der Waals surface area contributed by atoms with E-state index in [9.17, 15) is 14.0 Å². The number of carbonyl (C=O) groups excluding carboxylic acids is 1. The van der Waals surface area contributed by atoms with Gasteiger partial charge in [0.1, 0.15) is 5.82 Å². The lowest BCUT2D eigenvalue weighted by Gasteiger charge is -2.31. The van der Waals surface area contributed by atoms with Crippen LogP contribution in [0.3, 0.4) is 0 Å². The molecular formula is C16H18FNO3. The summed E-state index contributed by atoms with van der Waals surface area (Å²) in [5.74, 6) is -1.58. The maximum Gasteiger partial charge on any atom is 0.328 e. The minimum atomic E-state index is -1.09. The molecule has 1 atom stereocenters. The van der Waals surface area contributed by atoms with E-state index in [1.165, 1.54) is 24.3 Å². The Morgan fingerprint density at radius 2 is 2.19 bits per heavy atom. The Kier molecular flexibility index (Phi) is 4.73. The van der Waals surface area contributed by atoms with Crippen LogP contribution in [0.1, 0.15) is 35.7 Å². The fourth-order valence-electron chi connectivity index (χ4n) is 2.52. The Hall–Kier alpha value is -2.17. The summed E-state index contributed by atoms with van der Waals surface area (Å²) in [6.45, 7) is 3.34. The average Bonchev–Trinajstić information content (AvgIpc) is 2.45. The van der Waals surface area contributed by atoms with Gasteiger partial charge in [0.15, 0.2) is 0 Å². The van der Waals surface area contributed by atoms with Crippen LogP contribution in [0.4, 0.5) is 4.39 Å². The van der Waals surface area contributed by atoms with E-state index >= 15 is 0 Å². The number of hydrogen-bond acceptors (Lipinski definition) is 2. The second-order valence-corrected chi connectivity index (χ2v) is 5.41. The maximum absolute atomic E-state index is 13.9. The molecule has 112 valence electrons. The molecule has 5 heteroatoms. The molecule has 0 spiro atoms. The van der Waals surface area contributed by atoms with Gasteiger partial charge in [-0.1, -0.05) is 13.0 Å².